The van der Waals surface area contributed by atoms with E-state index in [1.807, 2.05) is 0 Å². The van der Waals surface area contributed by atoms with Gasteiger partial charge in [-0.1, -0.05) is 13.8 Å². The maximum absolute atomic E-state index is 12.7. The minimum atomic E-state index is -0.218. The minimum absolute atomic E-state index is 0.0257. The third-order valence-electron chi connectivity index (χ3n) is 14.5. The van der Waals surface area contributed by atoms with Crippen molar-refractivity contribution in [2.75, 3.05) is 33.2 Å². The summed E-state index contributed by atoms with van der Waals surface area (Å²) >= 11 is 0. The molecule has 48 heavy (non-hydrogen) atoms. The van der Waals surface area contributed by atoms with Crippen molar-refractivity contribution < 1.29 is 42.6 Å². The molecule has 2 saturated heterocycles. The molecule has 10 heteroatoms. The normalized spacial score (nSPS) is 44.8. The van der Waals surface area contributed by atoms with E-state index >= 15 is 0 Å². The van der Waals surface area contributed by atoms with Crippen molar-refractivity contribution in [2.45, 2.75) is 149 Å². The summed E-state index contributed by atoms with van der Waals surface area (Å²) in [5.74, 6) is 1.32. The second-order valence-electron chi connectivity index (χ2n) is 17.3. The molecule has 4 saturated carbocycles. The first kappa shape index (κ1) is 35.6. The molecule has 0 aromatic carbocycles. The standard InChI is InChI=1S/C38H61N2O8/c1-23(41)45-28-11-16-39(17-12-28)33-22-38(6)27(20-35(33)47-25(3)43)8-9-30-31(38)10-15-37(5)32(30)21-34(36(37)48-26(4)44)40(7)18-13-29(14-19-40)46-24(2)42/h27-36H,8-22H2,1-7H3/q+1/t27-,29?,30+,31-,32-,33-,34-,35-,36-,37-,38-,40?/m0/s1. The average molecular weight is 674 g/mol. The Hall–Kier alpha value is -2.20. The molecule has 6 fully saturated rings. The van der Waals surface area contributed by atoms with Gasteiger partial charge in [-0.25, -0.2) is 0 Å². The lowest BCUT2D eigenvalue weighted by atomic mass is 9.44. The van der Waals surface area contributed by atoms with Gasteiger partial charge in [0.25, 0.3) is 0 Å². The molecule has 0 bridgehead atoms. The lowest BCUT2D eigenvalue weighted by molar-refractivity contribution is -0.941. The van der Waals surface area contributed by atoms with Gasteiger partial charge in [-0.15, -0.1) is 0 Å². The number of rotatable bonds is 6. The Labute approximate surface area is 287 Å². The number of hydrogen-bond acceptors (Lipinski definition) is 9. The van der Waals surface area contributed by atoms with Gasteiger partial charge in [0.15, 0.2) is 6.10 Å². The van der Waals surface area contributed by atoms with E-state index in [4.69, 9.17) is 18.9 Å². The second kappa shape index (κ2) is 13.5. The summed E-state index contributed by atoms with van der Waals surface area (Å²) in [5, 5.41) is 0. The molecule has 10 nitrogen and oxygen atoms in total. The van der Waals surface area contributed by atoms with E-state index in [-0.39, 0.29) is 71.2 Å². The van der Waals surface area contributed by atoms with Gasteiger partial charge in [0, 0.05) is 71.5 Å². The number of likely N-dealkylation sites (tertiary alicyclic amines) is 2. The van der Waals surface area contributed by atoms with Crippen LogP contribution in [0.4, 0.5) is 0 Å². The minimum Gasteiger partial charge on any atom is -0.462 e. The quantitative estimate of drug-likeness (QED) is 0.218. The summed E-state index contributed by atoms with van der Waals surface area (Å²) in [5.41, 5.74) is 0.0653. The van der Waals surface area contributed by atoms with Crippen molar-refractivity contribution >= 4 is 23.9 Å². The van der Waals surface area contributed by atoms with Crippen LogP contribution in [0.5, 0.6) is 0 Å². The lowest BCUT2D eigenvalue weighted by Gasteiger charge is -2.62. The Kier molecular flexibility index (Phi) is 10.0. The van der Waals surface area contributed by atoms with Gasteiger partial charge >= 0.3 is 23.9 Å². The molecular formula is C38H61N2O8+. The molecule has 6 rings (SSSR count). The monoisotopic (exact) mass is 673 g/mol. The van der Waals surface area contributed by atoms with Crippen molar-refractivity contribution in [1.82, 2.24) is 4.90 Å². The number of likely N-dealkylation sites (N-methyl/N-ethyl adjacent to an activating group) is 1. The van der Waals surface area contributed by atoms with Crippen LogP contribution in [0.15, 0.2) is 0 Å². The number of carbonyl (C=O) groups is 4. The average Bonchev–Trinajstić information content (AvgIpc) is 3.30. The molecule has 10 atom stereocenters. The highest BCUT2D eigenvalue weighted by Gasteiger charge is 2.67. The van der Waals surface area contributed by atoms with E-state index in [2.05, 4.69) is 25.8 Å². The van der Waals surface area contributed by atoms with Crippen molar-refractivity contribution in [3.8, 4) is 0 Å². The second-order valence-corrected chi connectivity index (χ2v) is 17.3. The molecule has 0 aromatic rings. The Morgan fingerprint density at radius 1 is 0.667 bits per heavy atom. The smallest absolute Gasteiger partial charge is 0.303 e. The highest BCUT2D eigenvalue weighted by atomic mass is 16.6. The number of ether oxygens (including phenoxy) is 4. The molecule has 4 aliphatic carbocycles. The molecule has 0 amide bonds. The number of nitrogens with zero attached hydrogens (tertiary/aromatic N) is 2. The van der Waals surface area contributed by atoms with Crippen LogP contribution in [0.3, 0.4) is 0 Å². The molecule has 2 aliphatic heterocycles. The van der Waals surface area contributed by atoms with Crippen LogP contribution in [-0.2, 0) is 38.1 Å². The summed E-state index contributed by atoms with van der Waals surface area (Å²) in [6.45, 7) is 14.6. The Balaban J connectivity index is 1.23. The summed E-state index contributed by atoms with van der Waals surface area (Å²) in [6, 6.07) is 0.394. The topological polar surface area (TPSA) is 108 Å². The van der Waals surface area contributed by atoms with Crippen molar-refractivity contribution in [2.24, 2.45) is 34.5 Å². The highest BCUT2D eigenvalue weighted by molar-refractivity contribution is 5.67. The molecule has 2 heterocycles. The number of fused-ring (bicyclic) bond motifs is 5. The maximum Gasteiger partial charge on any atom is 0.303 e. The Morgan fingerprint density at radius 3 is 1.83 bits per heavy atom. The Bertz CT molecular complexity index is 1240. The van der Waals surface area contributed by atoms with Crippen LogP contribution in [0.1, 0.15) is 112 Å². The van der Waals surface area contributed by atoms with Gasteiger partial charge in [0.1, 0.15) is 24.4 Å². The summed E-state index contributed by atoms with van der Waals surface area (Å²) in [4.78, 5) is 50.8. The van der Waals surface area contributed by atoms with E-state index in [0.29, 0.717) is 23.7 Å². The van der Waals surface area contributed by atoms with Gasteiger partial charge in [-0.2, -0.15) is 0 Å². The molecule has 0 spiro atoms. The Morgan fingerprint density at radius 2 is 1.25 bits per heavy atom. The van der Waals surface area contributed by atoms with E-state index in [1.165, 1.54) is 27.2 Å². The van der Waals surface area contributed by atoms with Gasteiger partial charge in [0.2, 0.25) is 0 Å². The highest BCUT2D eigenvalue weighted by Crippen LogP contribution is 2.67. The van der Waals surface area contributed by atoms with Gasteiger partial charge in [0.05, 0.1) is 20.1 Å². The third kappa shape index (κ3) is 6.66. The van der Waals surface area contributed by atoms with Gasteiger partial charge < -0.3 is 23.4 Å². The first-order valence-electron chi connectivity index (χ1n) is 18.9. The summed E-state index contributed by atoms with van der Waals surface area (Å²) in [7, 11) is 2.34. The molecule has 270 valence electrons. The largest absolute Gasteiger partial charge is 0.462 e. The van der Waals surface area contributed by atoms with Crippen LogP contribution >= 0.6 is 0 Å². The zero-order chi connectivity index (χ0) is 34.6. The van der Waals surface area contributed by atoms with E-state index in [0.717, 1.165) is 94.9 Å². The van der Waals surface area contributed by atoms with Gasteiger partial charge in [-0.3, -0.25) is 24.1 Å². The number of piperidine rings is 2. The van der Waals surface area contributed by atoms with E-state index in [1.54, 1.807) is 6.92 Å². The lowest BCUT2D eigenvalue weighted by Crippen LogP contribution is -2.62. The van der Waals surface area contributed by atoms with Crippen LogP contribution in [0, 0.1) is 34.5 Å². The molecular weight excluding hydrogens is 612 g/mol. The number of carbonyl (C=O) groups excluding carboxylic acids is 4. The predicted octanol–water partition coefficient (Wildman–Crippen LogP) is 5.05. The van der Waals surface area contributed by atoms with Crippen molar-refractivity contribution in [1.29, 1.82) is 0 Å². The number of hydrogen-bond donors (Lipinski definition) is 0. The third-order valence-corrected chi connectivity index (χ3v) is 14.5. The number of esters is 4. The fraction of sp³-hybridized carbons (Fsp3) is 0.895. The van der Waals surface area contributed by atoms with E-state index < -0.39 is 0 Å². The van der Waals surface area contributed by atoms with E-state index in [9.17, 15) is 19.2 Å². The summed E-state index contributed by atoms with van der Waals surface area (Å²) in [6.07, 6.45) is 10.5. The molecule has 0 unspecified atom stereocenters. The van der Waals surface area contributed by atoms with Crippen LogP contribution < -0.4 is 0 Å². The number of quaternary nitrogens is 1. The van der Waals surface area contributed by atoms with Crippen LogP contribution in [0.2, 0.25) is 0 Å². The van der Waals surface area contributed by atoms with Gasteiger partial charge in [-0.05, 0) is 80.5 Å². The molecule has 0 N–H and O–H groups in total. The summed E-state index contributed by atoms with van der Waals surface area (Å²) < 4.78 is 24.5. The van der Waals surface area contributed by atoms with Crippen LogP contribution in [-0.4, -0.2) is 103 Å². The van der Waals surface area contributed by atoms with Crippen molar-refractivity contribution in [3.63, 3.8) is 0 Å². The SMILES string of the molecule is CC(=O)OC1CCN([C@H]2C[C@@]3(C)[C@@H](CC[C@@H]4[C@@H]3CC[C@@]3(C)[C@H]4C[C@H]([N+]4(C)CCC(OC(C)=O)CC4)[C@@H]3OC(C)=O)C[C@@H]2OC(C)=O)CC1. The zero-order valence-electron chi connectivity index (χ0n) is 30.5. The fourth-order valence-corrected chi connectivity index (χ4v) is 12.3. The van der Waals surface area contributed by atoms with Crippen LogP contribution in [0.25, 0.3) is 0 Å². The zero-order valence-corrected chi connectivity index (χ0v) is 30.5. The predicted molar refractivity (Wildman–Crippen MR) is 178 cm³/mol. The molecule has 0 aromatic heterocycles. The maximum atomic E-state index is 12.7. The molecule has 0 radical (unpaired) electrons. The van der Waals surface area contributed by atoms with Crippen molar-refractivity contribution in [3.05, 3.63) is 0 Å². The first-order chi connectivity index (χ1) is 22.6. The fourth-order valence-electron chi connectivity index (χ4n) is 12.3. The molecule has 6 aliphatic rings. The first-order valence-corrected chi connectivity index (χ1v) is 18.9.